The Bertz CT molecular complexity index is 854. The van der Waals surface area contributed by atoms with Crippen molar-refractivity contribution in [3.05, 3.63) is 64.0 Å². The fourth-order valence-corrected chi connectivity index (χ4v) is 3.70. The van der Waals surface area contributed by atoms with Gasteiger partial charge >= 0.3 is 0 Å². The molecule has 2 aromatic heterocycles. The lowest BCUT2D eigenvalue weighted by Gasteiger charge is -2.16. The molecule has 1 atom stereocenters. The summed E-state index contributed by atoms with van der Waals surface area (Å²) in [7, 11) is 1.77. The van der Waals surface area contributed by atoms with Gasteiger partial charge in [0.15, 0.2) is 11.7 Å². The third-order valence-electron chi connectivity index (χ3n) is 3.96. The molecule has 0 saturated carbocycles. The van der Waals surface area contributed by atoms with Crippen LogP contribution in [-0.2, 0) is 13.0 Å². The molecule has 0 spiro atoms. The van der Waals surface area contributed by atoms with Gasteiger partial charge in [-0.05, 0) is 26.0 Å². The number of aromatic nitrogens is 1. The first-order valence-electron chi connectivity index (χ1n) is 8.67. The van der Waals surface area contributed by atoms with Crippen LogP contribution in [0.5, 0.6) is 0 Å². The van der Waals surface area contributed by atoms with Gasteiger partial charge in [-0.1, -0.05) is 35.5 Å². The van der Waals surface area contributed by atoms with E-state index >= 15 is 0 Å². The highest BCUT2D eigenvalue weighted by Crippen LogP contribution is 2.19. The first kappa shape index (κ1) is 18.2. The summed E-state index contributed by atoms with van der Waals surface area (Å²) in [6.45, 7) is 4.85. The molecule has 136 valence electrons. The first-order chi connectivity index (χ1) is 12.6. The van der Waals surface area contributed by atoms with Crippen LogP contribution in [0.1, 0.15) is 22.4 Å². The average Bonchev–Trinajstić information content (AvgIpc) is 3.28. The first-order valence-corrected chi connectivity index (χ1v) is 9.49. The predicted octanol–water partition coefficient (Wildman–Crippen LogP) is 4.01. The lowest BCUT2D eigenvalue weighted by Crippen LogP contribution is -2.42. The topological polar surface area (TPSA) is 62.5 Å². The van der Waals surface area contributed by atoms with E-state index in [0.29, 0.717) is 6.54 Å². The smallest absolute Gasteiger partial charge is 0.191 e. The van der Waals surface area contributed by atoms with Crippen LogP contribution in [0.15, 0.2) is 58.0 Å². The lowest BCUT2D eigenvalue weighted by atomic mass is 10.2. The maximum absolute atomic E-state index is 5.43. The molecule has 1 unspecified atom stereocenters. The minimum atomic E-state index is 0.288. The molecule has 5 nitrogen and oxygen atoms in total. The number of hydrogen-bond acceptors (Lipinski definition) is 4. The van der Waals surface area contributed by atoms with Crippen LogP contribution in [0.2, 0.25) is 0 Å². The maximum atomic E-state index is 5.43. The Balaban J connectivity index is 1.52. The van der Waals surface area contributed by atoms with Crippen molar-refractivity contribution >= 4 is 17.3 Å². The lowest BCUT2D eigenvalue weighted by molar-refractivity contribution is 0.422. The van der Waals surface area contributed by atoms with Gasteiger partial charge in [0.25, 0.3) is 0 Å². The van der Waals surface area contributed by atoms with Gasteiger partial charge in [0, 0.05) is 40.9 Å². The standard InChI is InChI=1S/C20H24N4OS/c1-14(11-18-10-9-15(2)26-18)23-20(21-3)22-13-17-12-19(25-24-17)16-7-5-4-6-8-16/h4-10,12,14H,11,13H2,1-3H3,(H2,21,22,23). The molecule has 0 aliphatic heterocycles. The summed E-state index contributed by atoms with van der Waals surface area (Å²) in [6.07, 6.45) is 0.974. The number of hydrogen-bond donors (Lipinski definition) is 2. The fraction of sp³-hybridized carbons (Fsp3) is 0.300. The monoisotopic (exact) mass is 368 g/mol. The van der Waals surface area contributed by atoms with Crippen molar-refractivity contribution in [2.75, 3.05) is 7.05 Å². The number of nitrogens with zero attached hydrogens (tertiary/aromatic N) is 2. The molecule has 0 fully saturated rings. The van der Waals surface area contributed by atoms with Crippen molar-refractivity contribution in [2.45, 2.75) is 32.9 Å². The van der Waals surface area contributed by atoms with Crippen molar-refractivity contribution in [1.82, 2.24) is 15.8 Å². The van der Waals surface area contributed by atoms with E-state index in [4.69, 9.17) is 4.52 Å². The molecular formula is C20H24N4OS. The number of aryl methyl sites for hydroxylation is 1. The van der Waals surface area contributed by atoms with E-state index in [1.807, 2.05) is 47.7 Å². The second-order valence-electron chi connectivity index (χ2n) is 6.24. The second-order valence-corrected chi connectivity index (χ2v) is 7.61. The van der Waals surface area contributed by atoms with Gasteiger partial charge in [-0.15, -0.1) is 11.3 Å². The molecule has 0 radical (unpaired) electrons. The molecule has 2 N–H and O–H groups in total. The van der Waals surface area contributed by atoms with Gasteiger partial charge in [-0.2, -0.15) is 0 Å². The molecular weight excluding hydrogens is 344 g/mol. The highest BCUT2D eigenvalue weighted by molar-refractivity contribution is 7.11. The van der Waals surface area contributed by atoms with Crippen LogP contribution >= 0.6 is 11.3 Å². The van der Waals surface area contributed by atoms with Gasteiger partial charge in [-0.3, -0.25) is 4.99 Å². The van der Waals surface area contributed by atoms with Crippen LogP contribution in [0.3, 0.4) is 0 Å². The molecule has 26 heavy (non-hydrogen) atoms. The zero-order valence-corrected chi connectivity index (χ0v) is 16.1. The van der Waals surface area contributed by atoms with Crippen LogP contribution < -0.4 is 10.6 Å². The zero-order chi connectivity index (χ0) is 18.4. The van der Waals surface area contributed by atoms with E-state index in [0.717, 1.165) is 29.4 Å². The fourth-order valence-electron chi connectivity index (χ4n) is 2.68. The molecule has 3 rings (SSSR count). The molecule has 2 heterocycles. The van der Waals surface area contributed by atoms with Gasteiger partial charge in [-0.25, -0.2) is 0 Å². The minimum Gasteiger partial charge on any atom is -0.356 e. The van der Waals surface area contributed by atoms with Gasteiger partial charge < -0.3 is 15.2 Å². The van der Waals surface area contributed by atoms with Crippen LogP contribution in [0.4, 0.5) is 0 Å². The van der Waals surface area contributed by atoms with E-state index in [-0.39, 0.29) is 6.04 Å². The van der Waals surface area contributed by atoms with Gasteiger partial charge in [0.1, 0.15) is 5.69 Å². The van der Waals surface area contributed by atoms with Crippen LogP contribution in [0, 0.1) is 6.92 Å². The summed E-state index contributed by atoms with van der Waals surface area (Å²) >= 11 is 1.84. The van der Waals surface area contributed by atoms with E-state index in [9.17, 15) is 0 Å². The van der Waals surface area contributed by atoms with Gasteiger partial charge in [0.2, 0.25) is 0 Å². The number of thiophene rings is 1. The van der Waals surface area contributed by atoms with E-state index < -0.39 is 0 Å². The summed E-state index contributed by atoms with van der Waals surface area (Å²) in [5.41, 5.74) is 1.86. The Labute approximate surface area is 158 Å². The molecule has 0 amide bonds. The number of aliphatic imine (C=N–C) groups is 1. The van der Waals surface area contributed by atoms with Crippen LogP contribution in [0.25, 0.3) is 11.3 Å². The molecule has 1 aromatic carbocycles. The number of rotatable bonds is 6. The Morgan fingerprint density at radius 3 is 2.73 bits per heavy atom. The maximum Gasteiger partial charge on any atom is 0.191 e. The van der Waals surface area contributed by atoms with E-state index in [1.54, 1.807) is 7.05 Å². The van der Waals surface area contributed by atoms with E-state index in [1.165, 1.54) is 9.75 Å². The Morgan fingerprint density at radius 1 is 1.23 bits per heavy atom. The highest BCUT2D eigenvalue weighted by atomic mass is 32.1. The summed E-state index contributed by atoms with van der Waals surface area (Å²) in [5.74, 6) is 1.53. The second kappa shape index (κ2) is 8.67. The summed E-state index contributed by atoms with van der Waals surface area (Å²) in [5, 5.41) is 10.8. The number of benzene rings is 1. The zero-order valence-electron chi connectivity index (χ0n) is 15.3. The van der Waals surface area contributed by atoms with Crippen molar-refractivity contribution in [2.24, 2.45) is 4.99 Å². The molecule has 0 aliphatic carbocycles. The number of guanidine groups is 1. The van der Waals surface area contributed by atoms with Crippen LogP contribution in [-0.4, -0.2) is 24.2 Å². The number of nitrogens with one attached hydrogen (secondary N) is 2. The molecule has 6 heteroatoms. The molecule has 0 saturated heterocycles. The quantitative estimate of drug-likeness (QED) is 0.510. The van der Waals surface area contributed by atoms with Gasteiger partial charge in [0.05, 0.1) is 6.54 Å². The highest BCUT2D eigenvalue weighted by Gasteiger charge is 2.10. The van der Waals surface area contributed by atoms with Crippen molar-refractivity contribution in [3.8, 4) is 11.3 Å². The minimum absolute atomic E-state index is 0.288. The molecule has 0 bridgehead atoms. The summed E-state index contributed by atoms with van der Waals surface area (Å²) in [4.78, 5) is 7.01. The Morgan fingerprint density at radius 2 is 2.04 bits per heavy atom. The predicted molar refractivity (Wildman–Crippen MR) is 107 cm³/mol. The Hall–Kier alpha value is -2.60. The third-order valence-corrected chi connectivity index (χ3v) is 4.99. The third kappa shape index (κ3) is 4.95. The largest absolute Gasteiger partial charge is 0.356 e. The SMILES string of the molecule is CN=C(NCc1cc(-c2ccccc2)on1)NC(C)Cc1ccc(C)s1. The normalized spacial score (nSPS) is 12.8. The van der Waals surface area contributed by atoms with Crippen molar-refractivity contribution in [3.63, 3.8) is 0 Å². The molecule has 0 aliphatic rings. The Kier molecular flexibility index (Phi) is 6.07. The van der Waals surface area contributed by atoms with Crippen molar-refractivity contribution < 1.29 is 4.52 Å². The average molecular weight is 369 g/mol. The molecule has 3 aromatic rings. The van der Waals surface area contributed by atoms with E-state index in [2.05, 4.69) is 46.8 Å². The van der Waals surface area contributed by atoms with Crippen molar-refractivity contribution in [1.29, 1.82) is 0 Å². The summed E-state index contributed by atoms with van der Waals surface area (Å²) < 4.78 is 5.43. The summed E-state index contributed by atoms with van der Waals surface area (Å²) in [6, 6.07) is 16.6.